The summed E-state index contributed by atoms with van der Waals surface area (Å²) in [5, 5.41) is 8.02. The SMILES string of the molecule is Cc1nnsc1-c1noc2c(N)c(C)sc12. The lowest BCUT2D eigenvalue weighted by Crippen LogP contribution is -1.81. The first kappa shape index (κ1) is 9.73. The van der Waals surface area contributed by atoms with Gasteiger partial charge >= 0.3 is 0 Å². The van der Waals surface area contributed by atoms with Gasteiger partial charge in [0.05, 0.1) is 11.4 Å². The van der Waals surface area contributed by atoms with Crippen molar-refractivity contribution in [2.24, 2.45) is 0 Å². The molecule has 0 aliphatic rings. The van der Waals surface area contributed by atoms with E-state index in [2.05, 4.69) is 14.7 Å². The highest BCUT2D eigenvalue weighted by atomic mass is 32.1. The van der Waals surface area contributed by atoms with Crippen LogP contribution in [0.1, 0.15) is 10.6 Å². The molecule has 3 aromatic rings. The van der Waals surface area contributed by atoms with E-state index in [1.807, 2.05) is 13.8 Å². The Morgan fingerprint density at radius 2 is 2.12 bits per heavy atom. The van der Waals surface area contributed by atoms with Gasteiger partial charge in [0, 0.05) is 4.88 Å². The molecular weight excluding hydrogens is 244 g/mol. The Morgan fingerprint density at radius 3 is 2.81 bits per heavy atom. The van der Waals surface area contributed by atoms with E-state index in [0.29, 0.717) is 11.3 Å². The van der Waals surface area contributed by atoms with Crippen molar-refractivity contribution in [3.05, 3.63) is 10.6 Å². The Balaban J connectivity index is 2.33. The monoisotopic (exact) mass is 252 g/mol. The number of anilines is 1. The van der Waals surface area contributed by atoms with Gasteiger partial charge in [0.25, 0.3) is 0 Å². The number of aryl methyl sites for hydroxylation is 2. The van der Waals surface area contributed by atoms with Gasteiger partial charge in [-0.2, -0.15) is 0 Å². The molecule has 0 aliphatic carbocycles. The molecule has 0 saturated heterocycles. The van der Waals surface area contributed by atoms with E-state index in [9.17, 15) is 0 Å². The molecule has 16 heavy (non-hydrogen) atoms. The maximum Gasteiger partial charge on any atom is 0.201 e. The number of nitrogens with zero attached hydrogens (tertiary/aromatic N) is 3. The van der Waals surface area contributed by atoms with Gasteiger partial charge in [0.1, 0.15) is 15.3 Å². The van der Waals surface area contributed by atoms with Crippen LogP contribution in [-0.2, 0) is 0 Å². The highest BCUT2D eigenvalue weighted by molar-refractivity contribution is 7.20. The number of hydrogen-bond donors (Lipinski definition) is 1. The summed E-state index contributed by atoms with van der Waals surface area (Å²) in [7, 11) is 0. The third-order valence-electron chi connectivity index (χ3n) is 2.40. The summed E-state index contributed by atoms with van der Waals surface area (Å²) < 4.78 is 10.1. The molecule has 3 aromatic heterocycles. The minimum absolute atomic E-state index is 0.672. The van der Waals surface area contributed by atoms with Crippen molar-refractivity contribution >= 4 is 38.8 Å². The van der Waals surface area contributed by atoms with Crippen LogP contribution in [-0.4, -0.2) is 14.7 Å². The molecule has 0 fully saturated rings. The zero-order valence-corrected chi connectivity index (χ0v) is 10.3. The second kappa shape index (κ2) is 3.26. The molecule has 3 rings (SSSR count). The van der Waals surface area contributed by atoms with Crippen molar-refractivity contribution in [3.8, 4) is 10.6 Å². The van der Waals surface area contributed by atoms with Crippen LogP contribution in [0, 0.1) is 13.8 Å². The predicted molar refractivity (Wildman–Crippen MR) is 64.7 cm³/mol. The van der Waals surface area contributed by atoms with E-state index in [1.165, 1.54) is 11.5 Å². The Morgan fingerprint density at radius 1 is 1.31 bits per heavy atom. The first-order valence-corrected chi connectivity index (χ1v) is 6.21. The number of thiophene rings is 1. The Kier molecular flexibility index (Phi) is 1.98. The second-order valence-corrected chi connectivity index (χ2v) is 5.43. The topological polar surface area (TPSA) is 77.8 Å². The molecule has 0 aromatic carbocycles. The minimum atomic E-state index is 0.672. The lowest BCUT2D eigenvalue weighted by Gasteiger charge is -1.88. The van der Waals surface area contributed by atoms with Crippen LogP contribution in [0.2, 0.25) is 0 Å². The van der Waals surface area contributed by atoms with Gasteiger partial charge in [0.15, 0.2) is 0 Å². The summed E-state index contributed by atoms with van der Waals surface area (Å²) in [6.45, 7) is 3.88. The summed E-state index contributed by atoms with van der Waals surface area (Å²) in [4.78, 5) is 1.99. The van der Waals surface area contributed by atoms with E-state index in [4.69, 9.17) is 10.3 Å². The fourth-order valence-electron chi connectivity index (χ4n) is 1.51. The summed E-state index contributed by atoms with van der Waals surface area (Å²) >= 11 is 2.91. The zero-order valence-electron chi connectivity index (χ0n) is 8.64. The molecular formula is C9H8N4OS2. The molecule has 3 heterocycles. The predicted octanol–water partition coefficient (Wildman–Crippen LogP) is 2.61. The number of rotatable bonds is 1. The second-order valence-electron chi connectivity index (χ2n) is 3.45. The molecule has 2 N–H and O–H groups in total. The van der Waals surface area contributed by atoms with E-state index < -0.39 is 0 Å². The first-order chi connectivity index (χ1) is 7.68. The lowest BCUT2D eigenvalue weighted by molar-refractivity contribution is 0.460. The molecule has 82 valence electrons. The van der Waals surface area contributed by atoms with Crippen molar-refractivity contribution < 1.29 is 4.52 Å². The number of fused-ring (bicyclic) bond motifs is 1. The minimum Gasteiger partial charge on any atom is -0.395 e. The van der Waals surface area contributed by atoms with Gasteiger partial charge in [-0.15, -0.1) is 16.4 Å². The highest BCUT2D eigenvalue weighted by Crippen LogP contribution is 2.40. The standard InChI is InChI=1S/C9H8N4OS2/c1-3-8(16-13-11-3)6-9-7(14-12-6)5(10)4(2)15-9/h10H2,1-2H3. The summed E-state index contributed by atoms with van der Waals surface area (Å²) in [5.74, 6) is 0. The van der Waals surface area contributed by atoms with E-state index >= 15 is 0 Å². The van der Waals surface area contributed by atoms with Crippen molar-refractivity contribution in [1.29, 1.82) is 0 Å². The summed E-state index contributed by atoms with van der Waals surface area (Å²) in [6.07, 6.45) is 0. The number of nitrogen functional groups attached to an aromatic ring is 1. The van der Waals surface area contributed by atoms with E-state index in [1.54, 1.807) is 11.3 Å². The zero-order chi connectivity index (χ0) is 11.3. The van der Waals surface area contributed by atoms with Gasteiger partial charge in [-0.1, -0.05) is 9.64 Å². The molecule has 0 amide bonds. The molecule has 0 radical (unpaired) electrons. The van der Waals surface area contributed by atoms with Crippen LogP contribution < -0.4 is 5.73 Å². The fraction of sp³-hybridized carbons (Fsp3) is 0.222. The Hall–Kier alpha value is -1.47. The normalized spacial score (nSPS) is 11.4. The third-order valence-corrected chi connectivity index (χ3v) is 4.34. The lowest BCUT2D eigenvalue weighted by atomic mass is 10.3. The molecule has 0 bridgehead atoms. The average Bonchev–Trinajstić information content (AvgIpc) is 2.88. The van der Waals surface area contributed by atoms with Gasteiger partial charge < -0.3 is 10.3 Å². The molecule has 0 spiro atoms. The van der Waals surface area contributed by atoms with Gasteiger partial charge in [-0.3, -0.25) is 0 Å². The molecule has 0 saturated carbocycles. The Bertz CT molecular complexity index is 666. The van der Waals surface area contributed by atoms with E-state index in [-0.39, 0.29) is 0 Å². The maximum absolute atomic E-state index is 5.89. The number of hydrogen-bond acceptors (Lipinski definition) is 7. The van der Waals surface area contributed by atoms with Gasteiger partial charge in [-0.25, -0.2) is 0 Å². The molecule has 7 heteroatoms. The number of aromatic nitrogens is 3. The first-order valence-electron chi connectivity index (χ1n) is 4.62. The highest BCUT2D eigenvalue weighted by Gasteiger charge is 2.20. The van der Waals surface area contributed by atoms with Crippen LogP contribution in [0.15, 0.2) is 4.52 Å². The van der Waals surface area contributed by atoms with Crippen molar-refractivity contribution in [2.75, 3.05) is 5.73 Å². The smallest absolute Gasteiger partial charge is 0.201 e. The third kappa shape index (κ3) is 1.18. The molecule has 0 aliphatic heterocycles. The largest absolute Gasteiger partial charge is 0.395 e. The number of nitrogens with two attached hydrogens (primary N) is 1. The van der Waals surface area contributed by atoms with Crippen LogP contribution in [0.25, 0.3) is 20.9 Å². The average molecular weight is 252 g/mol. The summed E-state index contributed by atoms with van der Waals surface area (Å²) in [5.41, 5.74) is 8.90. The van der Waals surface area contributed by atoms with Gasteiger partial charge in [0.2, 0.25) is 5.58 Å². The van der Waals surface area contributed by atoms with Gasteiger partial charge in [-0.05, 0) is 25.4 Å². The van der Waals surface area contributed by atoms with Crippen LogP contribution in [0.4, 0.5) is 5.69 Å². The maximum atomic E-state index is 5.89. The van der Waals surface area contributed by atoms with Crippen molar-refractivity contribution in [1.82, 2.24) is 14.7 Å². The van der Waals surface area contributed by atoms with Crippen LogP contribution in [0.3, 0.4) is 0 Å². The quantitative estimate of drug-likeness (QED) is 0.720. The summed E-state index contributed by atoms with van der Waals surface area (Å²) in [6, 6.07) is 0. The van der Waals surface area contributed by atoms with Crippen LogP contribution in [0.5, 0.6) is 0 Å². The fourth-order valence-corrected chi connectivity index (χ4v) is 3.20. The molecule has 0 unspecified atom stereocenters. The Labute approximate surface area is 99.0 Å². The van der Waals surface area contributed by atoms with E-state index in [0.717, 1.165) is 25.8 Å². The van der Waals surface area contributed by atoms with Crippen molar-refractivity contribution in [3.63, 3.8) is 0 Å². The molecule has 0 atom stereocenters. The molecule has 5 nitrogen and oxygen atoms in total. The van der Waals surface area contributed by atoms with Crippen LogP contribution >= 0.6 is 22.9 Å². The van der Waals surface area contributed by atoms with Crippen molar-refractivity contribution in [2.45, 2.75) is 13.8 Å².